The van der Waals surface area contributed by atoms with Crippen LogP contribution in [0.5, 0.6) is 0 Å². The summed E-state index contributed by atoms with van der Waals surface area (Å²) in [6.45, 7) is 11.6. The van der Waals surface area contributed by atoms with Gasteiger partial charge < -0.3 is 17.1 Å². The zero-order chi connectivity index (χ0) is 26.2. The van der Waals surface area contributed by atoms with Crippen LogP contribution in [0.25, 0.3) is 0 Å². The van der Waals surface area contributed by atoms with E-state index >= 15 is 0 Å². The predicted octanol–water partition coefficient (Wildman–Crippen LogP) is 4.02. The number of ether oxygens (including phenoxy) is 3. The van der Waals surface area contributed by atoms with Crippen LogP contribution in [0.4, 0.5) is 0 Å². The van der Waals surface area contributed by atoms with Gasteiger partial charge in [-0.25, -0.2) is 9.59 Å². The minimum Gasteiger partial charge on any atom is -1.00 e. The van der Waals surface area contributed by atoms with Crippen LogP contribution in [0.1, 0.15) is 81.4 Å². The molecule has 0 rings (SSSR count). The van der Waals surface area contributed by atoms with Gasteiger partial charge in [0.25, 0.3) is 10.1 Å². The molecule has 0 aromatic rings. The van der Waals surface area contributed by atoms with Crippen LogP contribution >= 0.6 is 0 Å². The summed E-state index contributed by atoms with van der Waals surface area (Å²) >= 11 is 0. The first kappa shape index (κ1) is 35.7. The van der Waals surface area contributed by atoms with Gasteiger partial charge in [0.1, 0.15) is 18.6 Å². The number of hydrogen-bond acceptors (Lipinski definition) is 8. The number of rotatable bonds is 19. The van der Waals surface area contributed by atoms with Gasteiger partial charge in [-0.05, 0) is 33.1 Å². The molecule has 0 aromatic carbocycles. The first-order valence-corrected chi connectivity index (χ1v) is 13.2. The van der Waals surface area contributed by atoms with Crippen molar-refractivity contribution >= 4 is 51.1 Å². The standard InChI is InChI=1S/C24H40O9S.Mg.2H/c1-6-7-8-11-14-24(17-32-21(25)19(2)3,18-33-22(26)20(4)5)23(27)31-15-12-9-10-13-16-34(28,29)30;;;/h2,4,6-18H2,1,3,5H3,(H,28,29,30);;;/q;+2;2*-1. The van der Waals surface area contributed by atoms with E-state index in [2.05, 4.69) is 20.1 Å². The summed E-state index contributed by atoms with van der Waals surface area (Å²) in [7, 11) is -3.98. The Morgan fingerprint density at radius 1 is 0.829 bits per heavy atom. The maximum Gasteiger partial charge on any atom is 2.00 e. The summed E-state index contributed by atoms with van der Waals surface area (Å²) in [5.41, 5.74) is -1.01. The maximum absolute atomic E-state index is 13.2. The first-order chi connectivity index (χ1) is 15.8. The Balaban J connectivity index is -0.00000181. The summed E-state index contributed by atoms with van der Waals surface area (Å²) in [5.74, 6) is -2.26. The molecule has 35 heavy (non-hydrogen) atoms. The summed E-state index contributed by atoms with van der Waals surface area (Å²) in [4.78, 5) is 37.2. The number of unbranched alkanes of at least 4 members (excludes halogenated alkanes) is 6. The van der Waals surface area contributed by atoms with Crippen LogP contribution in [0.3, 0.4) is 0 Å². The van der Waals surface area contributed by atoms with Crippen molar-refractivity contribution in [3.05, 3.63) is 24.3 Å². The fourth-order valence-electron chi connectivity index (χ4n) is 3.01. The smallest absolute Gasteiger partial charge is 1.00 e. The Morgan fingerprint density at radius 2 is 1.31 bits per heavy atom. The quantitative estimate of drug-likeness (QED) is 0.0656. The van der Waals surface area contributed by atoms with Crippen molar-refractivity contribution in [3.8, 4) is 0 Å². The third kappa shape index (κ3) is 16.8. The van der Waals surface area contributed by atoms with Crippen LogP contribution in [0.2, 0.25) is 0 Å². The van der Waals surface area contributed by atoms with E-state index in [4.69, 9.17) is 18.8 Å². The SMILES string of the molecule is C=C(C)C(=O)OCC(CCCCCC)(COC(=O)C(=C)C)C(=O)OCCCCCCS(=O)(=O)O.[H-].[H-].[Mg+2]. The molecule has 0 unspecified atom stereocenters. The Kier molecular flexibility index (Phi) is 19.2. The number of carbonyl (C=O) groups excluding carboxylic acids is 3. The predicted molar refractivity (Wildman–Crippen MR) is 137 cm³/mol. The Morgan fingerprint density at radius 3 is 1.77 bits per heavy atom. The van der Waals surface area contributed by atoms with E-state index in [0.29, 0.717) is 38.5 Å². The molecule has 0 aliphatic carbocycles. The van der Waals surface area contributed by atoms with E-state index in [1.165, 1.54) is 13.8 Å². The molecule has 0 saturated carbocycles. The number of esters is 3. The summed E-state index contributed by atoms with van der Waals surface area (Å²) in [6, 6.07) is 0. The second-order valence-electron chi connectivity index (χ2n) is 8.64. The van der Waals surface area contributed by atoms with Gasteiger partial charge in [0.2, 0.25) is 0 Å². The van der Waals surface area contributed by atoms with Crippen molar-refractivity contribution in [1.82, 2.24) is 0 Å². The molecule has 0 amide bonds. The van der Waals surface area contributed by atoms with Gasteiger partial charge in [0.05, 0.1) is 12.4 Å². The average Bonchev–Trinajstić information content (AvgIpc) is 2.75. The summed E-state index contributed by atoms with van der Waals surface area (Å²) in [6.07, 6.45) is 5.69. The van der Waals surface area contributed by atoms with Crippen LogP contribution < -0.4 is 0 Å². The second kappa shape index (κ2) is 18.8. The van der Waals surface area contributed by atoms with Crippen molar-refractivity contribution in [2.24, 2.45) is 5.41 Å². The molecule has 9 nitrogen and oxygen atoms in total. The van der Waals surface area contributed by atoms with E-state index < -0.39 is 33.4 Å². The fourth-order valence-corrected chi connectivity index (χ4v) is 3.58. The van der Waals surface area contributed by atoms with Gasteiger partial charge in [0, 0.05) is 11.1 Å². The number of hydrogen-bond donors (Lipinski definition) is 1. The monoisotopic (exact) mass is 530 g/mol. The molecule has 0 aliphatic rings. The molecule has 0 saturated heterocycles. The molecule has 0 aromatic heterocycles. The Labute approximate surface area is 228 Å². The molecule has 0 heterocycles. The molecule has 0 atom stereocenters. The average molecular weight is 531 g/mol. The third-order valence-electron chi connectivity index (χ3n) is 5.13. The van der Waals surface area contributed by atoms with Crippen molar-refractivity contribution in [2.45, 2.75) is 78.6 Å². The van der Waals surface area contributed by atoms with Crippen molar-refractivity contribution < 1.29 is 44.4 Å². The van der Waals surface area contributed by atoms with Crippen LogP contribution in [0, 0.1) is 5.41 Å². The van der Waals surface area contributed by atoms with Gasteiger partial charge in [-0.2, -0.15) is 8.42 Å². The van der Waals surface area contributed by atoms with E-state index in [-0.39, 0.29) is 62.6 Å². The van der Waals surface area contributed by atoms with Crippen LogP contribution in [-0.4, -0.2) is 79.5 Å². The van der Waals surface area contributed by atoms with Gasteiger partial charge in [0.15, 0.2) is 0 Å². The van der Waals surface area contributed by atoms with E-state index in [9.17, 15) is 22.8 Å². The first-order valence-electron chi connectivity index (χ1n) is 11.6. The van der Waals surface area contributed by atoms with Crippen molar-refractivity contribution in [3.63, 3.8) is 0 Å². The molecule has 0 radical (unpaired) electrons. The topological polar surface area (TPSA) is 133 Å². The largest absolute Gasteiger partial charge is 2.00 e. The molecular weight excluding hydrogens is 489 g/mol. The van der Waals surface area contributed by atoms with Crippen molar-refractivity contribution in [2.75, 3.05) is 25.6 Å². The van der Waals surface area contributed by atoms with Crippen LogP contribution in [-0.2, 0) is 38.7 Å². The van der Waals surface area contributed by atoms with Gasteiger partial charge in [-0.1, -0.05) is 58.6 Å². The molecule has 0 bridgehead atoms. The minimum absolute atomic E-state index is 0. The minimum atomic E-state index is -3.98. The summed E-state index contributed by atoms with van der Waals surface area (Å²) in [5, 5.41) is 0. The van der Waals surface area contributed by atoms with Gasteiger partial charge in [-0.3, -0.25) is 9.35 Å². The molecule has 0 fully saturated rings. The molecule has 0 spiro atoms. The molecule has 200 valence electrons. The Bertz CT molecular complexity index is 787. The normalized spacial score (nSPS) is 11.2. The zero-order valence-electron chi connectivity index (χ0n) is 23.4. The van der Waals surface area contributed by atoms with Crippen molar-refractivity contribution in [1.29, 1.82) is 0 Å². The molecular formula is C24H42MgO9S. The zero-order valence-corrected chi connectivity index (χ0v) is 23.7. The van der Waals surface area contributed by atoms with Gasteiger partial charge >= 0.3 is 41.0 Å². The second-order valence-corrected chi connectivity index (χ2v) is 10.2. The fraction of sp³-hybridized carbons (Fsp3) is 0.708. The maximum atomic E-state index is 13.2. The molecule has 11 heteroatoms. The van der Waals surface area contributed by atoms with Gasteiger partial charge in [-0.15, -0.1) is 0 Å². The third-order valence-corrected chi connectivity index (χ3v) is 5.93. The van der Waals surface area contributed by atoms with E-state index in [0.717, 1.165) is 19.3 Å². The number of carbonyl (C=O) groups is 3. The Hall–Kier alpha value is -1.43. The molecule has 0 aliphatic heterocycles. The summed E-state index contributed by atoms with van der Waals surface area (Å²) < 4.78 is 46.3. The van der Waals surface area contributed by atoms with E-state index in [1.807, 2.05) is 0 Å². The van der Waals surface area contributed by atoms with E-state index in [1.54, 1.807) is 0 Å². The molecule has 1 N–H and O–H groups in total. The van der Waals surface area contributed by atoms with Crippen LogP contribution in [0.15, 0.2) is 24.3 Å².